The summed E-state index contributed by atoms with van der Waals surface area (Å²) < 4.78 is 25.4. The first-order chi connectivity index (χ1) is 17.6. The highest BCUT2D eigenvalue weighted by Crippen LogP contribution is 2.28. The summed E-state index contributed by atoms with van der Waals surface area (Å²) >= 11 is 0. The molecule has 0 aromatic heterocycles. The lowest BCUT2D eigenvalue weighted by atomic mass is 9.92. The van der Waals surface area contributed by atoms with Gasteiger partial charge in [0.15, 0.2) is 0 Å². The fourth-order valence-corrected chi connectivity index (χ4v) is 4.49. The molecule has 0 spiro atoms. The predicted molar refractivity (Wildman–Crippen MR) is 138 cm³/mol. The molecule has 36 heavy (non-hydrogen) atoms. The largest absolute Gasteiger partial charge is 0.374 e. The number of hydrogen-bond acceptors (Lipinski definition) is 5. The third-order valence-corrected chi connectivity index (χ3v) is 6.27. The fraction of sp³-hybridized carbons (Fsp3) is 0.367. The second kappa shape index (κ2) is 13.3. The molecule has 1 saturated heterocycles. The van der Waals surface area contributed by atoms with Gasteiger partial charge in [0.05, 0.1) is 38.6 Å². The minimum absolute atomic E-state index is 0.135. The number of hydrogen-bond donors (Lipinski definition) is 1. The standard InChI is InChI=1S/C30H35NO5/c1-22-28(31-23(2)32)30(35-20-26-16-10-5-11-17-26)29(34-19-25-14-8-4-9-15-25)27(36-22)21-33-18-24-12-6-3-7-13-24/h3-17,22,27-30H,18-21H2,1-2H3,(H,31,32)/t22?,27?,28?,29-,30-/m0/s1. The molecule has 1 heterocycles. The van der Waals surface area contributed by atoms with E-state index in [2.05, 4.69) is 5.32 Å². The van der Waals surface area contributed by atoms with Crippen molar-refractivity contribution in [3.05, 3.63) is 108 Å². The number of rotatable bonds is 11. The molecule has 1 amide bonds. The Morgan fingerprint density at radius 3 is 1.72 bits per heavy atom. The molecule has 1 aliphatic heterocycles. The highest BCUT2D eigenvalue weighted by Gasteiger charge is 2.46. The van der Waals surface area contributed by atoms with Crippen molar-refractivity contribution in [3.8, 4) is 0 Å². The molecule has 6 heteroatoms. The van der Waals surface area contributed by atoms with Crippen LogP contribution in [0.15, 0.2) is 91.0 Å². The summed E-state index contributed by atoms with van der Waals surface area (Å²) in [6.07, 6.45) is -1.51. The zero-order valence-corrected chi connectivity index (χ0v) is 20.9. The van der Waals surface area contributed by atoms with E-state index in [1.807, 2.05) is 97.9 Å². The van der Waals surface area contributed by atoms with Gasteiger partial charge in [-0.2, -0.15) is 0 Å². The summed E-state index contributed by atoms with van der Waals surface area (Å²) in [7, 11) is 0. The molecular weight excluding hydrogens is 454 g/mol. The Labute approximate surface area is 213 Å². The van der Waals surface area contributed by atoms with Crippen LogP contribution in [0.2, 0.25) is 0 Å². The van der Waals surface area contributed by atoms with Crippen LogP contribution in [0.1, 0.15) is 30.5 Å². The van der Waals surface area contributed by atoms with E-state index >= 15 is 0 Å². The highest BCUT2D eigenvalue weighted by atomic mass is 16.6. The number of carbonyl (C=O) groups excluding carboxylic acids is 1. The lowest BCUT2D eigenvalue weighted by Gasteiger charge is -2.45. The van der Waals surface area contributed by atoms with Gasteiger partial charge in [-0.05, 0) is 23.6 Å². The van der Waals surface area contributed by atoms with Gasteiger partial charge in [0, 0.05) is 6.92 Å². The quantitative estimate of drug-likeness (QED) is 0.424. The van der Waals surface area contributed by atoms with E-state index in [0.29, 0.717) is 26.4 Å². The van der Waals surface area contributed by atoms with Crippen molar-refractivity contribution in [3.63, 3.8) is 0 Å². The van der Waals surface area contributed by atoms with Crippen LogP contribution in [-0.4, -0.2) is 43.0 Å². The average molecular weight is 490 g/mol. The Morgan fingerprint density at radius 1 is 0.750 bits per heavy atom. The Hall–Kier alpha value is -3.03. The zero-order chi connectivity index (χ0) is 25.2. The van der Waals surface area contributed by atoms with Crippen LogP contribution < -0.4 is 5.32 Å². The lowest BCUT2D eigenvalue weighted by molar-refractivity contribution is -0.229. The van der Waals surface area contributed by atoms with Gasteiger partial charge in [0.2, 0.25) is 5.91 Å². The molecule has 1 aliphatic rings. The minimum Gasteiger partial charge on any atom is -0.374 e. The molecule has 6 nitrogen and oxygen atoms in total. The maximum absolute atomic E-state index is 12.1. The van der Waals surface area contributed by atoms with Crippen molar-refractivity contribution >= 4 is 5.91 Å². The number of benzene rings is 3. The molecule has 1 fully saturated rings. The van der Waals surface area contributed by atoms with Crippen molar-refractivity contribution in [2.24, 2.45) is 0 Å². The van der Waals surface area contributed by atoms with Crippen LogP contribution in [-0.2, 0) is 43.6 Å². The number of nitrogens with one attached hydrogen (secondary N) is 1. The summed E-state index contributed by atoms with van der Waals surface area (Å²) in [6.45, 7) is 5.09. The molecule has 0 bridgehead atoms. The molecule has 4 rings (SSSR count). The zero-order valence-electron chi connectivity index (χ0n) is 20.9. The van der Waals surface area contributed by atoms with Gasteiger partial charge in [-0.3, -0.25) is 4.79 Å². The highest BCUT2D eigenvalue weighted by molar-refractivity contribution is 5.73. The topological polar surface area (TPSA) is 66.0 Å². The summed E-state index contributed by atoms with van der Waals surface area (Å²) in [4.78, 5) is 12.1. The summed E-state index contributed by atoms with van der Waals surface area (Å²) in [5.74, 6) is -0.135. The van der Waals surface area contributed by atoms with Crippen LogP contribution in [0.4, 0.5) is 0 Å². The summed E-state index contributed by atoms with van der Waals surface area (Å²) in [6, 6.07) is 29.7. The number of ether oxygens (including phenoxy) is 4. The first-order valence-corrected chi connectivity index (χ1v) is 12.5. The first-order valence-electron chi connectivity index (χ1n) is 12.5. The minimum atomic E-state index is -0.447. The van der Waals surface area contributed by atoms with Gasteiger partial charge < -0.3 is 24.3 Å². The van der Waals surface area contributed by atoms with Crippen LogP contribution in [0, 0.1) is 0 Å². The van der Waals surface area contributed by atoms with E-state index in [4.69, 9.17) is 18.9 Å². The molecule has 0 aliphatic carbocycles. The Balaban J connectivity index is 1.53. The molecular formula is C30H35NO5. The maximum Gasteiger partial charge on any atom is 0.217 e. The van der Waals surface area contributed by atoms with Gasteiger partial charge in [-0.1, -0.05) is 91.0 Å². The van der Waals surface area contributed by atoms with Gasteiger partial charge in [0.25, 0.3) is 0 Å². The molecule has 5 atom stereocenters. The van der Waals surface area contributed by atoms with Crippen LogP contribution in [0.5, 0.6) is 0 Å². The molecule has 3 aromatic rings. The third kappa shape index (κ3) is 7.48. The number of carbonyl (C=O) groups is 1. The molecule has 3 aromatic carbocycles. The normalized spacial score (nSPS) is 23.8. The predicted octanol–water partition coefficient (Wildman–Crippen LogP) is 4.67. The van der Waals surface area contributed by atoms with Crippen molar-refractivity contribution in [2.75, 3.05) is 6.61 Å². The smallest absolute Gasteiger partial charge is 0.217 e. The molecule has 0 radical (unpaired) electrons. The second-order valence-electron chi connectivity index (χ2n) is 9.13. The third-order valence-electron chi connectivity index (χ3n) is 6.27. The monoisotopic (exact) mass is 489 g/mol. The Kier molecular flexibility index (Phi) is 9.64. The van der Waals surface area contributed by atoms with E-state index < -0.39 is 12.2 Å². The lowest BCUT2D eigenvalue weighted by Crippen LogP contribution is -2.64. The van der Waals surface area contributed by atoms with E-state index in [0.717, 1.165) is 16.7 Å². The van der Waals surface area contributed by atoms with Crippen LogP contribution in [0.25, 0.3) is 0 Å². The van der Waals surface area contributed by atoms with Crippen molar-refractivity contribution in [1.29, 1.82) is 0 Å². The van der Waals surface area contributed by atoms with Crippen molar-refractivity contribution in [1.82, 2.24) is 5.32 Å². The SMILES string of the molecule is CC(=O)NC1C(C)OC(COCc2ccccc2)[C@H](OCc2ccccc2)[C@H]1OCc1ccccc1. The van der Waals surface area contributed by atoms with E-state index in [1.54, 1.807) is 0 Å². The van der Waals surface area contributed by atoms with Crippen molar-refractivity contribution in [2.45, 2.75) is 64.1 Å². The Bertz CT molecular complexity index is 1050. The van der Waals surface area contributed by atoms with E-state index in [-0.39, 0.29) is 24.2 Å². The van der Waals surface area contributed by atoms with Gasteiger partial charge in [-0.15, -0.1) is 0 Å². The molecule has 3 unspecified atom stereocenters. The number of amides is 1. The van der Waals surface area contributed by atoms with Gasteiger partial charge in [0.1, 0.15) is 18.3 Å². The fourth-order valence-electron chi connectivity index (χ4n) is 4.49. The maximum atomic E-state index is 12.1. The van der Waals surface area contributed by atoms with E-state index in [9.17, 15) is 4.79 Å². The summed E-state index contributed by atoms with van der Waals surface area (Å²) in [5.41, 5.74) is 3.20. The average Bonchev–Trinajstić information content (AvgIpc) is 2.90. The first kappa shape index (κ1) is 26.0. The van der Waals surface area contributed by atoms with Crippen LogP contribution in [0.3, 0.4) is 0 Å². The molecule has 0 saturated carbocycles. The van der Waals surface area contributed by atoms with E-state index in [1.165, 1.54) is 6.92 Å². The molecule has 1 N–H and O–H groups in total. The van der Waals surface area contributed by atoms with Gasteiger partial charge in [-0.25, -0.2) is 0 Å². The Morgan fingerprint density at radius 2 is 1.22 bits per heavy atom. The van der Waals surface area contributed by atoms with Crippen molar-refractivity contribution < 1.29 is 23.7 Å². The summed E-state index contributed by atoms with van der Waals surface area (Å²) in [5, 5.41) is 3.04. The molecule has 190 valence electrons. The second-order valence-corrected chi connectivity index (χ2v) is 9.13. The van der Waals surface area contributed by atoms with Crippen LogP contribution >= 0.6 is 0 Å². The van der Waals surface area contributed by atoms with Gasteiger partial charge >= 0.3 is 0 Å².